The van der Waals surface area contributed by atoms with Gasteiger partial charge in [-0.25, -0.2) is 9.89 Å². The van der Waals surface area contributed by atoms with E-state index in [1.165, 1.54) is 19.3 Å². The van der Waals surface area contributed by atoms with Gasteiger partial charge in [0.25, 0.3) is 0 Å². The highest BCUT2D eigenvalue weighted by Crippen LogP contribution is 2.48. The molecule has 0 radical (unpaired) electrons. The molecule has 0 spiro atoms. The summed E-state index contributed by atoms with van der Waals surface area (Å²) in [6.45, 7) is 7.27. The van der Waals surface area contributed by atoms with E-state index in [0.717, 1.165) is 66.6 Å². The van der Waals surface area contributed by atoms with Crippen molar-refractivity contribution in [1.82, 2.24) is 34.7 Å². The van der Waals surface area contributed by atoms with Crippen molar-refractivity contribution in [3.05, 3.63) is 70.7 Å². The number of pyridine rings is 1. The lowest BCUT2D eigenvalue weighted by molar-refractivity contribution is 0.0872. The van der Waals surface area contributed by atoms with Gasteiger partial charge in [0.2, 0.25) is 0 Å². The maximum atomic E-state index is 14.0. The number of rotatable bonds is 10. The zero-order chi connectivity index (χ0) is 26.5. The molecule has 3 aromatic heterocycles. The van der Waals surface area contributed by atoms with E-state index < -0.39 is 0 Å². The first-order valence-corrected chi connectivity index (χ1v) is 14.2. The van der Waals surface area contributed by atoms with E-state index in [0.29, 0.717) is 12.4 Å². The molecule has 1 aromatic carbocycles. The average molecular weight is 514 g/mol. The molecule has 1 N–H and O–H groups in total. The molecule has 4 aromatic rings. The minimum absolute atomic E-state index is 0.112. The lowest BCUT2D eigenvalue weighted by Gasteiger charge is -2.43. The van der Waals surface area contributed by atoms with Crippen molar-refractivity contribution in [2.45, 2.75) is 91.1 Å². The maximum absolute atomic E-state index is 14.0. The fourth-order valence-electron chi connectivity index (χ4n) is 6.33. The van der Waals surface area contributed by atoms with Gasteiger partial charge in [0.05, 0.1) is 12.2 Å². The molecule has 38 heavy (non-hydrogen) atoms. The third-order valence-electron chi connectivity index (χ3n) is 8.68. The fourth-order valence-corrected chi connectivity index (χ4v) is 6.33. The van der Waals surface area contributed by atoms with E-state index in [1.807, 2.05) is 29.0 Å². The van der Waals surface area contributed by atoms with E-state index in [4.69, 9.17) is 0 Å². The van der Waals surface area contributed by atoms with Gasteiger partial charge in [-0.2, -0.15) is 0 Å². The summed E-state index contributed by atoms with van der Waals surface area (Å²) in [5.41, 5.74) is 5.35. The molecule has 1 unspecified atom stereocenters. The molecule has 8 heteroatoms. The highest BCUT2D eigenvalue weighted by molar-refractivity contribution is 5.70. The van der Waals surface area contributed by atoms with Gasteiger partial charge >= 0.3 is 5.69 Å². The molecule has 1 atom stereocenters. The molecule has 0 bridgehead atoms. The Morgan fingerprint density at radius 3 is 2.63 bits per heavy atom. The molecule has 5 rings (SSSR count). The normalized spacial score (nSPS) is 17.1. The maximum Gasteiger partial charge on any atom is 0.328 e. The predicted octanol–water partition coefficient (Wildman–Crippen LogP) is 6.20. The van der Waals surface area contributed by atoms with Gasteiger partial charge in [0.15, 0.2) is 5.82 Å². The van der Waals surface area contributed by atoms with Crippen LogP contribution in [0.25, 0.3) is 22.5 Å². The number of nitrogens with one attached hydrogen (secondary N) is 1. The van der Waals surface area contributed by atoms with E-state index >= 15 is 0 Å². The van der Waals surface area contributed by atoms with E-state index in [-0.39, 0.29) is 17.1 Å². The zero-order valence-corrected chi connectivity index (χ0v) is 22.9. The first-order chi connectivity index (χ1) is 18.6. The second-order valence-electron chi connectivity index (χ2n) is 10.7. The smallest absolute Gasteiger partial charge is 0.295 e. The van der Waals surface area contributed by atoms with Gasteiger partial charge in [0.1, 0.15) is 0 Å². The van der Waals surface area contributed by atoms with Gasteiger partial charge in [-0.05, 0) is 83.7 Å². The lowest BCUT2D eigenvalue weighted by Crippen LogP contribution is -2.39. The summed E-state index contributed by atoms with van der Waals surface area (Å²) < 4.78 is 4.07. The summed E-state index contributed by atoms with van der Waals surface area (Å²) in [6, 6.07) is 12.5. The number of aromatic nitrogens is 7. The highest BCUT2D eigenvalue weighted by Gasteiger charge is 2.40. The molecule has 1 fully saturated rings. The van der Waals surface area contributed by atoms with Crippen molar-refractivity contribution >= 4 is 0 Å². The Labute approximate surface area is 224 Å². The number of aromatic amines is 1. The summed E-state index contributed by atoms with van der Waals surface area (Å²) >= 11 is 0. The molecule has 3 heterocycles. The van der Waals surface area contributed by atoms with Crippen molar-refractivity contribution in [1.29, 1.82) is 0 Å². The number of unbranched alkanes of at least 4 members (excludes halogenated alkanes) is 1. The van der Waals surface area contributed by atoms with E-state index in [9.17, 15) is 4.79 Å². The Morgan fingerprint density at radius 2 is 1.87 bits per heavy atom. The second-order valence-corrected chi connectivity index (χ2v) is 10.7. The summed E-state index contributed by atoms with van der Waals surface area (Å²) in [7, 11) is 0. The Bertz CT molecular complexity index is 1400. The van der Waals surface area contributed by atoms with Crippen LogP contribution in [0.2, 0.25) is 0 Å². The number of nitrogens with zero attached hydrogens (tertiary/aromatic N) is 6. The molecule has 0 saturated heterocycles. The first kappa shape index (κ1) is 26.1. The van der Waals surface area contributed by atoms with Crippen LogP contribution in [0.1, 0.15) is 89.6 Å². The minimum Gasteiger partial charge on any atom is -0.295 e. The summed E-state index contributed by atoms with van der Waals surface area (Å²) in [6.07, 6.45) is 14.1. The zero-order valence-electron chi connectivity index (χ0n) is 22.9. The molecule has 0 aliphatic heterocycles. The van der Waals surface area contributed by atoms with Gasteiger partial charge in [-0.3, -0.25) is 14.1 Å². The first-order valence-electron chi connectivity index (χ1n) is 14.2. The second kappa shape index (κ2) is 11.5. The molecule has 1 aliphatic carbocycles. The third-order valence-corrected chi connectivity index (χ3v) is 8.68. The van der Waals surface area contributed by atoms with Crippen molar-refractivity contribution in [3.8, 4) is 22.5 Å². The topological polar surface area (TPSA) is 94.3 Å². The van der Waals surface area contributed by atoms with E-state index in [2.05, 4.69) is 75.3 Å². The van der Waals surface area contributed by atoms with Gasteiger partial charge in [0, 0.05) is 29.7 Å². The SMILES string of the molecule is CCCCc1cn(C2CCCCC2(CC)CC)c(=O)n1Cc1cc(-c2cccc(-c3nnn[nH]3)c2)ccn1. The van der Waals surface area contributed by atoms with Crippen LogP contribution in [0.3, 0.4) is 0 Å². The van der Waals surface area contributed by atoms with Gasteiger partial charge in [-0.15, -0.1) is 5.10 Å². The third kappa shape index (κ3) is 5.08. The van der Waals surface area contributed by atoms with Crippen LogP contribution in [0.5, 0.6) is 0 Å². The molecular weight excluding hydrogens is 474 g/mol. The molecule has 8 nitrogen and oxygen atoms in total. The Morgan fingerprint density at radius 1 is 1.05 bits per heavy atom. The number of H-pyrrole nitrogens is 1. The Hall–Kier alpha value is -3.55. The van der Waals surface area contributed by atoms with Crippen LogP contribution in [-0.2, 0) is 13.0 Å². The standard InChI is InChI=1S/C30H39N7O/c1-4-7-13-26-21-37(27-14-8-9-16-30(27,5-2)6-3)29(38)36(26)20-25-19-23(15-17-31-25)22-11-10-12-24(18-22)28-32-34-35-33-28/h10-12,15,17-19,21,27H,4-9,13-14,16,20H2,1-3H3,(H,32,33,34,35). The summed E-state index contributed by atoms with van der Waals surface area (Å²) in [5.74, 6) is 0.632. The van der Waals surface area contributed by atoms with Crippen LogP contribution in [0.4, 0.5) is 0 Å². The van der Waals surface area contributed by atoms with Crippen LogP contribution >= 0.6 is 0 Å². The number of hydrogen-bond donors (Lipinski definition) is 1. The number of aryl methyl sites for hydroxylation is 1. The van der Waals surface area contributed by atoms with Crippen molar-refractivity contribution in [2.75, 3.05) is 0 Å². The minimum atomic E-state index is 0.112. The molecule has 1 saturated carbocycles. The van der Waals surface area contributed by atoms with Crippen LogP contribution in [0, 0.1) is 5.41 Å². The summed E-state index contributed by atoms with van der Waals surface area (Å²) in [5, 5.41) is 14.2. The Kier molecular flexibility index (Phi) is 7.86. The quantitative estimate of drug-likeness (QED) is 0.272. The van der Waals surface area contributed by atoms with E-state index in [1.54, 1.807) is 0 Å². The number of benzene rings is 1. The molecule has 1 aliphatic rings. The van der Waals surface area contributed by atoms with Gasteiger partial charge < -0.3 is 0 Å². The van der Waals surface area contributed by atoms with Crippen LogP contribution < -0.4 is 5.69 Å². The molecule has 0 amide bonds. The molecular formula is C30H39N7O. The molecule has 200 valence electrons. The number of tetrazole rings is 1. The highest BCUT2D eigenvalue weighted by atomic mass is 16.1. The van der Waals surface area contributed by atoms with Crippen LogP contribution in [-0.4, -0.2) is 34.7 Å². The van der Waals surface area contributed by atoms with Crippen molar-refractivity contribution in [2.24, 2.45) is 5.41 Å². The van der Waals surface area contributed by atoms with Gasteiger partial charge in [-0.1, -0.05) is 58.2 Å². The van der Waals surface area contributed by atoms with Crippen molar-refractivity contribution in [3.63, 3.8) is 0 Å². The number of imidazole rings is 1. The van der Waals surface area contributed by atoms with Crippen LogP contribution in [0.15, 0.2) is 53.6 Å². The fraction of sp³-hybridized carbons (Fsp3) is 0.500. The lowest BCUT2D eigenvalue weighted by atomic mass is 9.67. The summed E-state index contributed by atoms with van der Waals surface area (Å²) in [4.78, 5) is 18.7. The largest absolute Gasteiger partial charge is 0.328 e. The Balaban J connectivity index is 1.49. The number of hydrogen-bond acceptors (Lipinski definition) is 5. The monoisotopic (exact) mass is 513 g/mol. The predicted molar refractivity (Wildman–Crippen MR) is 150 cm³/mol. The average Bonchev–Trinajstić information content (AvgIpc) is 3.61. The van der Waals surface area contributed by atoms with Crippen molar-refractivity contribution < 1.29 is 0 Å².